The second-order valence-corrected chi connectivity index (χ2v) is 3.96. The van der Waals surface area contributed by atoms with Gasteiger partial charge in [-0.25, -0.2) is 9.37 Å². The Balaban J connectivity index is 2.11. The van der Waals surface area contributed by atoms with Crippen molar-refractivity contribution in [3.63, 3.8) is 0 Å². The Labute approximate surface area is 108 Å². The van der Waals surface area contributed by atoms with E-state index in [9.17, 15) is 9.50 Å². The van der Waals surface area contributed by atoms with Crippen molar-refractivity contribution in [2.75, 3.05) is 0 Å². The predicted octanol–water partition coefficient (Wildman–Crippen LogP) is 3.25. The number of aromatic nitrogens is 2. The van der Waals surface area contributed by atoms with E-state index < -0.39 is 5.82 Å². The van der Waals surface area contributed by atoms with Crippen LogP contribution in [0.25, 0.3) is 22.6 Å². The molecule has 0 spiro atoms. The van der Waals surface area contributed by atoms with E-state index >= 15 is 0 Å². The molecule has 0 unspecified atom stereocenters. The van der Waals surface area contributed by atoms with Crippen LogP contribution in [0.1, 0.15) is 0 Å². The van der Waals surface area contributed by atoms with Gasteiger partial charge in [0, 0.05) is 23.5 Å². The van der Waals surface area contributed by atoms with Crippen molar-refractivity contribution in [1.29, 1.82) is 0 Å². The first-order valence-electron chi connectivity index (χ1n) is 5.58. The number of rotatable bonds is 2. The zero-order chi connectivity index (χ0) is 13.2. The number of hydrogen-bond acceptors (Lipinski definition) is 4. The van der Waals surface area contributed by atoms with Crippen molar-refractivity contribution in [1.82, 2.24) is 9.97 Å². The molecule has 3 aromatic rings. The second-order valence-electron chi connectivity index (χ2n) is 3.96. The molecular weight excluding hydrogens is 247 g/mol. The maximum Gasteiger partial charge on any atom is 0.227 e. The fourth-order valence-corrected chi connectivity index (χ4v) is 1.80. The van der Waals surface area contributed by atoms with Crippen LogP contribution in [0.2, 0.25) is 0 Å². The Kier molecular flexibility index (Phi) is 2.72. The predicted molar refractivity (Wildman–Crippen MR) is 66.8 cm³/mol. The maximum absolute atomic E-state index is 13.8. The molecule has 1 N–H and O–H groups in total. The fourth-order valence-electron chi connectivity index (χ4n) is 1.80. The summed E-state index contributed by atoms with van der Waals surface area (Å²) in [5.74, 6) is -0.0167. The van der Waals surface area contributed by atoms with Gasteiger partial charge in [-0.2, -0.15) is 0 Å². The Morgan fingerprint density at radius 3 is 2.74 bits per heavy atom. The largest absolute Gasteiger partial charge is 0.508 e. The Morgan fingerprint density at radius 2 is 1.95 bits per heavy atom. The second kappa shape index (κ2) is 4.53. The highest BCUT2D eigenvalue weighted by molar-refractivity contribution is 5.69. The molecule has 0 aliphatic rings. The fraction of sp³-hybridized carbons (Fsp3) is 0. The molecule has 0 aliphatic carbocycles. The van der Waals surface area contributed by atoms with Gasteiger partial charge in [0.05, 0.1) is 11.8 Å². The molecule has 1 aromatic carbocycles. The van der Waals surface area contributed by atoms with E-state index in [2.05, 4.69) is 9.97 Å². The van der Waals surface area contributed by atoms with E-state index in [4.69, 9.17) is 4.42 Å². The molecule has 4 nitrogen and oxygen atoms in total. The lowest BCUT2D eigenvalue weighted by atomic mass is 10.1. The minimum Gasteiger partial charge on any atom is -0.508 e. The minimum atomic E-state index is -0.427. The van der Waals surface area contributed by atoms with E-state index in [1.54, 1.807) is 12.3 Å². The average molecular weight is 256 g/mol. The zero-order valence-corrected chi connectivity index (χ0v) is 9.75. The standard InChI is InChI=1S/C14H9FN2O2/c15-13-2-1-11(18)6-12(13)9-5-10(8-16-7-9)14-17-3-4-19-14/h1-8,18H. The SMILES string of the molecule is Oc1ccc(F)c(-c2cncc(-c3ncco3)c2)c1. The Morgan fingerprint density at radius 1 is 1.11 bits per heavy atom. The lowest BCUT2D eigenvalue weighted by Gasteiger charge is -2.05. The van der Waals surface area contributed by atoms with Crippen LogP contribution >= 0.6 is 0 Å². The normalized spacial score (nSPS) is 10.6. The first kappa shape index (κ1) is 11.4. The number of hydrogen-bond donors (Lipinski definition) is 1. The van der Waals surface area contributed by atoms with E-state index in [1.807, 2.05) is 0 Å². The third-order valence-corrected chi connectivity index (χ3v) is 2.68. The molecule has 0 aliphatic heterocycles. The van der Waals surface area contributed by atoms with Crippen LogP contribution in [0.15, 0.2) is 53.5 Å². The number of aromatic hydroxyl groups is 1. The van der Waals surface area contributed by atoms with Crippen molar-refractivity contribution >= 4 is 0 Å². The summed E-state index contributed by atoms with van der Waals surface area (Å²) in [7, 11) is 0. The smallest absolute Gasteiger partial charge is 0.227 e. The molecule has 19 heavy (non-hydrogen) atoms. The molecule has 94 valence electrons. The molecule has 0 saturated heterocycles. The van der Waals surface area contributed by atoms with E-state index in [0.29, 0.717) is 17.0 Å². The van der Waals surface area contributed by atoms with Gasteiger partial charge in [-0.05, 0) is 24.3 Å². The summed E-state index contributed by atoms with van der Waals surface area (Å²) in [6.45, 7) is 0. The molecule has 3 rings (SSSR count). The minimum absolute atomic E-state index is 0.00192. The number of pyridine rings is 1. The van der Waals surface area contributed by atoms with Gasteiger partial charge in [-0.1, -0.05) is 0 Å². The Hall–Kier alpha value is -2.69. The number of phenols is 1. The quantitative estimate of drug-likeness (QED) is 0.764. The number of phenolic OH excluding ortho intramolecular Hbond substituents is 1. The van der Waals surface area contributed by atoms with E-state index in [1.165, 1.54) is 36.9 Å². The van der Waals surface area contributed by atoms with Crippen LogP contribution in [0.5, 0.6) is 5.75 Å². The van der Waals surface area contributed by atoms with E-state index in [0.717, 1.165) is 0 Å². The molecule has 0 atom stereocenters. The molecule has 0 bridgehead atoms. The monoisotopic (exact) mass is 256 g/mol. The summed E-state index contributed by atoms with van der Waals surface area (Å²) >= 11 is 0. The first-order valence-corrected chi connectivity index (χ1v) is 5.58. The van der Waals surface area contributed by atoms with Gasteiger partial charge >= 0.3 is 0 Å². The van der Waals surface area contributed by atoms with Crippen molar-refractivity contribution in [2.45, 2.75) is 0 Å². The highest BCUT2D eigenvalue weighted by Crippen LogP contribution is 2.28. The van der Waals surface area contributed by atoms with Crippen molar-refractivity contribution < 1.29 is 13.9 Å². The number of halogens is 1. The first-order chi connectivity index (χ1) is 9.24. The molecule has 0 fully saturated rings. The van der Waals surface area contributed by atoms with Gasteiger partial charge in [0.2, 0.25) is 5.89 Å². The summed E-state index contributed by atoms with van der Waals surface area (Å²) < 4.78 is 18.9. The summed E-state index contributed by atoms with van der Waals surface area (Å²) in [6.07, 6.45) is 6.08. The van der Waals surface area contributed by atoms with Crippen molar-refractivity contribution in [3.8, 4) is 28.3 Å². The summed E-state index contributed by atoms with van der Waals surface area (Å²) in [5.41, 5.74) is 1.47. The summed E-state index contributed by atoms with van der Waals surface area (Å²) in [6, 6.07) is 5.56. The van der Waals surface area contributed by atoms with Crippen LogP contribution < -0.4 is 0 Å². The summed E-state index contributed by atoms with van der Waals surface area (Å²) in [4.78, 5) is 8.05. The third kappa shape index (κ3) is 2.18. The number of oxazole rings is 1. The number of nitrogens with zero attached hydrogens (tertiary/aromatic N) is 2. The lowest BCUT2D eigenvalue weighted by molar-refractivity contribution is 0.473. The summed E-state index contributed by atoms with van der Waals surface area (Å²) in [5, 5.41) is 9.43. The molecule has 0 saturated carbocycles. The maximum atomic E-state index is 13.8. The van der Waals surface area contributed by atoms with Crippen LogP contribution in [-0.2, 0) is 0 Å². The molecular formula is C14H9FN2O2. The van der Waals surface area contributed by atoms with Crippen LogP contribution in [0.3, 0.4) is 0 Å². The van der Waals surface area contributed by atoms with E-state index in [-0.39, 0.29) is 11.3 Å². The van der Waals surface area contributed by atoms with Crippen LogP contribution in [0.4, 0.5) is 4.39 Å². The van der Waals surface area contributed by atoms with Gasteiger partial charge in [-0.3, -0.25) is 4.98 Å². The molecule has 2 heterocycles. The van der Waals surface area contributed by atoms with Crippen LogP contribution in [0, 0.1) is 5.82 Å². The third-order valence-electron chi connectivity index (χ3n) is 2.68. The van der Waals surface area contributed by atoms with Gasteiger partial charge in [0.15, 0.2) is 0 Å². The Bertz CT molecular complexity index is 711. The van der Waals surface area contributed by atoms with Crippen molar-refractivity contribution in [2.24, 2.45) is 0 Å². The molecule has 5 heteroatoms. The molecule has 2 aromatic heterocycles. The number of benzene rings is 1. The van der Waals surface area contributed by atoms with Gasteiger partial charge in [-0.15, -0.1) is 0 Å². The highest BCUT2D eigenvalue weighted by atomic mass is 19.1. The van der Waals surface area contributed by atoms with Gasteiger partial charge in [0.25, 0.3) is 0 Å². The van der Waals surface area contributed by atoms with Crippen molar-refractivity contribution in [3.05, 3.63) is 54.9 Å². The van der Waals surface area contributed by atoms with Gasteiger partial charge in [0.1, 0.15) is 17.8 Å². The van der Waals surface area contributed by atoms with Crippen LogP contribution in [-0.4, -0.2) is 15.1 Å². The lowest BCUT2D eigenvalue weighted by Crippen LogP contribution is -1.87. The average Bonchev–Trinajstić information content (AvgIpc) is 2.96. The highest BCUT2D eigenvalue weighted by Gasteiger charge is 2.09. The van der Waals surface area contributed by atoms with Gasteiger partial charge < -0.3 is 9.52 Å². The molecule has 0 radical (unpaired) electrons. The molecule has 0 amide bonds. The topological polar surface area (TPSA) is 59.2 Å². The zero-order valence-electron chi connectivity index (χ0n) is 9.75.